The van der Waals surface area contributed by atoms with E-state index in [0.29, 0.717) is 24.3 Å². The van der Waals surface area contributed by atoms with Gasteiger partial charge in [-0.2, -0.15) is 0 Å². The molecule has 0 bridgehead atoms. The summed E-state index contributed by atoms with van der Waals surface area (Å²) in [5.74, 6) is 0. The average molecular weight is 403 g/mol. The number of hydrogen-bond acceptors (Lipinski definition) is 4. The van der Waals surface area contributed by atoms with Gasteiger partial charge in [0.05, 0.1) is 17.9 Å². The molecule has 0 fully saturated rings. The third-order valence-corrected chi connectivity index (χ3v) is 4.94. The quantitative estimate of drug-likeness (QED) is 0.668. The van der Waals surface area contributed by atoms with Crippen LogP contribution < -0.4 is 5.32 Å². The molecular formula is C23H21N3O4. The molecule has 0 atom stereocenters. The molecule has 0 spiro atoms. The lowest BCUT2D eigenvalue weighted by molar-refractivity contribution is 0.139. The lowest BCUT2D eigenvalue weighted by Crippen LogP contribution is -2.35. The van der Waals surface area contributed by atoms with Gasteiger partial charge in [0.2, 0.25) is 0 Å². The van der Waals surface area contributed by atoms with Gasteiger partial charge in [-0.1, -0.05) is 60.7 Å². The number of benzene rings is 2. The molecule has 0 saturated heterocycles. The second-order valence-corrected chi connectivity index (χ2v) is 7.00. The molecule has 30 heavy (non-hydrogen) atoms. The molecule has 4 rings (SSSR count). The Bertz CT molecular complexity index is 1050. The largest absolute Gasteiger partial charge is 0.465 e. The Kier molecular flexibility index (Phi) is 5.61. The normalized spacial score (nSPS) is 12.7. The summed E-state index contributed by atoms with van der Waals surface area (Å²) in [6.07, 6.45) is -1.03. The number of nitrogens with zero attached hydrogens (tertiary/aromatic N) is 2. The van der Waals surface area contributed by atoms with Crippen molar-refractivity contribution >= 4 is 17.9 Å². The number of amides is 2. The molecule has 152 valence electrons. The molecule has 2 amide bonds. The lowest BCUT2D eigenvalue weighted by atomic mass is 10.0. The molecular weight excluding hydrogens is 382 g/mol. The topological polar surface area (TPSA) is 91.8 Å². The summed E-state index contributed by atoms with van der Waals surface area (Å²) in [7, 11) is 0. The third-order valence-electron chi connectivity index (χ3n) is 4.94. The van der Waals surface area contributed by atoms with Crippen LogP contribution in [0.25, 0.3) is 11.3 Å². The zero-order chi connectivity index (χ0) is 20.9. The van der Waals surface area contributed by atoms with E-state index in [2.05, 4.69) is 5.32 Å². The fourth-order valence-corrected chi connectivity index (χ4v) is 3.42. The molecule has 1 aliphatic heterocycles. The molecule has 7 nitrogen and oxygen atoms in total. The number of anilines is 1. The second-order valence-electron chi connectivity index (χ2n) is 7.00. The molecule has 2 N–H and O–H groups in total. The van der Waals surface area contributed by atoms with Gasteiger partial charge < -0.3 is 14.7 Å². The average Bonchev–Trinajstić information content (AvgIpc) is 2.78. The maximum absolute atomic E-state index is 12.4. The number of rotatable bonds is 4. The monoisotopic (exact) mass is 403 g/mol. The van der Waals surface area contributed by atoms with Crippen LogP contribution in [-0.2, 0) is 24.3 Å². The predicted molar refractivity (Wildman–Crippen MR) is 112 cm³/mol. The SMILES string of the molecule is O=C(Nc1cc2c(nc1-c1ccccc1)CCN(C(=O)O)C2)OCc1ccccc1. The van der Waals surface area contributed by atoms with E-state index in [1.165, 1.54) is 4.90 Å². The van der Waals surface area contributed by atoms with Gasteiger partial charge in [-0.25, -0.2) is 9.59 Å². The van der Waals surface area contributed by atoms with Gasteiger partial charge in [-0.05, 0) is 17.2 Å². The van der Waals surface area contributed by atoms with Crippen molar-refractivity contribution in [2.24, 2.45) is 0 Å². The Morgan fingerprint density at radius 1 is 1.07 bits per heavy atom. The van der Waals surface area contributed by atoms with Crippen LogP contribution in [0.2, 0.25) is 0 Å². The van der Waals surface area contributed by atoms with Gasteiger partial charge in [-0.15, -0.1) is 0 Å². The molecule has 1 aliphatic rings. The molecule has 3 aromatic rings. The Morgan fingerprint density at radius 3 is 2.47 bits per heavy atom. The van der Waals surface area contributed by atoms with Gasteiger partial charge in [0.15, 0.2) is 0 Å². The van der Waals surface area contributed by atoms with Crippen LogP contribution in [0.15, 0.2) is 66.7 Å². The summed E-state index contributed by atoms with van der Waals surface area (Å²) in [5, 5.41) is 12.1. The molecule has 1 aromatic heterocycles. The minimum atomic E-state index is -0.968. The molecule has 0 radical (unpaired) electrons. The maximum atomic E-state index is 12.4. The molecule has 7 heteroatoms. The predicted octanol–water partition coefficient (Wildman–Crippen LogP) is 4.53. The Balaban J connectivity index is 1.60. The van der Waals surface area contributed by atoms with E-state index >= 15 is 0 Å². The van der Waals surface area contributed by atoms with Crippen LogP contribution in [-0.4, -0.2) is 33.7 Å². The first kappa shape index (κ1) is 19.4. The number of hydrogen-bond donors (Lipinski definition) is 2. The fourth-order valence-electron chi connectivity index (χ4n) is 3.42. The first-order valence-electron chi connectivity index (χ1n) is 9.64. The van der Waals surface area contributed by atoms with Gasteiger partial charge >= 0.3 is 12.2 Å². The first-order chi connectivity index (χ1) is 14.6. The summed E-state index contributed by atoms with van der Waals surface area (Å²) >= 11 is 0. The van der Waals surface area contributed by atoms with Crippen molar-refractivity contribution in [3.8, 4) is 11.3 Å². The Hall–Kier alpha value is -3.87. The van der Waals surface area contributed by atoms with Crippen molar-refractivity contribution in [1.82, 2.24) is 9.88 Å². The van der Waals surface area contributed by atoms with Crippen LogP contribution in [0.5, 0.6) is 0 Å². The van der Waals surface area contributed by atoms with Crippen molar-refractivity contribution < 1.29 is 19.4 Å². The highest BCUT2D eigenvalue weighted by Crippen LogP contribution is 2.31. The van der Waals surface area contributed by atoms with Crippen LogP contribution in [0.1, 0.15) is 16.8 Å². The maximum Gasteiger partial charge on any atom is 0.412 e. The second kappa shape index (κ2) is 8.65. The van der Waals surface area contributed by atoms with Gasteiger partial charge in [0, 0.05) is 24.2 Å². The highest BCUT2D eigenvalue weighted by atomic mass is 16.5. The summed E-state index contributed by atoms with van der Waals surface area (Å²) in [6, 6.07) is 20.8. The van der Waals surface area contributed by atoms with E-state index in [1.54, 1.807) is 6.07 Å². The van der Waals surface area contributed by atoms with Crippen molar-refractivity contribution in [2.45, 2.75) is 19.6 Å². The number of ether oxygens (including phenoxy) is 1. The van der Waals surface area contributed by atoms with Gasteiger partial charge in [0.1, 0.15) is 6.61 Å². The minimum Gasteiger partial charge on any atom is -0.465 e. The summed E-state index contributed by atoms with van der Waals surface area (Å²) < 4.78 is 5.34. The zero-order valence-electron chi connectivity index (χ0n) is 16.2. The van der Waals surface area contributed by atoms with Crippen molar-refractivity contribution in [2.75, 3.05) is 11.9 Å². The van der Waals surface area contributed by atoms with E-state index < -0.39 is 12.2 Å². The number of fused-ring (bicyclic) bond motifs is 1. The highest BCUT2D eigenvalue weighted by molar-refractivity contribution is 5.90. The molecule has 0 saturated carbocycles. The van der Waals surface area contributed by atoms with E-state index in [9.17, 15) is 14.7 Å². The standard InChI is InChI=1S/C23H21N3O4/c27-22(30-15-16-7-3-1-4-8-16)25-20-13-18-14-26(23(28)29)12-11-19(18)24-21(20)17-9-5-2-6-10-17/h1-10,13H,11-12,14-15H2,(H,25,27)(H,28,29). The number of carbonyl (C=O) groups is 2. The number of pyridine rings is 1. The molecule has 0 unspecified atom stereocenters. The molecule has 0 aliphatic carbocycles. The van der Waals surface area contributed by atoms with Crippen molar-refractivity contribution in [1.29, 1.82) is 0 Å². The van der Waals surface area contributed by atoms with Crippen LogP contribution >= 0.6 is 0 Å². The Labute approximate surface area is 173 Å². The highest BCUT2D eigenvalue weighted by Gasteiger charge is 2.24. The Morgan fingerprint density at radius 2 is 1.77 bits per heavy atom. The minimum absolute atomic E-state index is 0.151. The number of aromatic nitrogens is 1. The smallest absolute Gasteiger partial charge is 0.412 e. The first-order valence-corrected chi connectivity index (χ1v) is 9.64. The third kappa shape index (κ3) is 4.41. The molecule has 2 aromatic carbocycles. The van der Waals surface area contributed by atoms with E-state index in [4.69, 9.17) is 9.72 Å². The van der Waals surface area contributed by atoms with Crippen molar-refractivity contribution in [3.63, 3.8) is 0 Å². The fraction of sp³-hybridized carbons (Fsp3) is 0.174. The summed E-state index contributed by atoms with van der Waals surface area (Å²) in [6.45, 7) is 0.786. The van der Waals surface area contributed by atoms with E-state index in [1.807, 2.05) is 60.7 Å². The lowest BCUT2D eigenvalue weighted by Gasteiger charge is -2.27. The van der Waals surface area contributed by atoms with Gasteiger partial charge in [0.25, 0.3) is 0 Å². The molecule has 2 heterocycles. The van der Waals surface area contributed by atoms with Crippen LogP contribution in [0.4, 0.5) is 15.3 Å². The van der Waals surface area contributed by atoms with Crippen LogP contribution in [0, 0.1) is 0 Å². The van der Waals surface area contributed by atoms with E-state index in [0.717, 1.165) is 22.4 Å². The van der Waals surface area contributed by atoms with Gasteiger partial charge in [-0.3, -0.25) is 10.3 Å². The zero-order valence-corrected chi connectivity index (χ0v) is 16.2. The summed E-state index contributed by atoms with van der Waals surface area (Å²) in [5.41, 5.74) is 4.49. The van der Waals surface area contributed by atoms with Crippen molar-refractivity contribution in [3.05, 3.63) is 83.6 Å². The number of nitrogens with one attached hydrogen (secondary N) is 1. The van der Waals surface area contributed by atoms with Crippen LogP contribution in [0.3, 0.4) is 0 Å². The number of carbonyl (C=O) groups excluding carboxylic acids is 1. The van der Waals surface area contributed by atoms with E-state index in [-0.39, 0.29) is 13.2 Å². The number of carboxylic acid groups (broad SMARTS) is 1. The summed E-state index contributed by atoms with van der Waals surface area (Å²) in [4.78, 5) is 29.9.